The van der Waals surface area contributed by atoms with Gasteiger partial charge in [-0.2, -0.15) is 0 Å². The minimum absolute atomic E-state index is 0.270. The molecule has 1 heterocycles. The van der Waals surface area contributed by atoms with Gasteiger partial charge in [0.25, 0.3) is 0 Å². The number of ether oxygens (including phenoxy) is 2. The summed E-state index contributed by atoms with van der Waals surface area (Å²) < 4.78 is 32.6. The molecule has 1 aliphatic rings. The molecule has 0 spiro atoms. The molecule has 134 valence electrons. The van der Waals surface area contributed by atoms with E-state index in [1.807, 2.05) is 0 Å². The molecule has 1 fully saturated rings. The molecule has 2 aromatic rings. The monoisotopic (exact) mass is 382 g/mol. The van der Waals surface area contributed by atoms with Crippen LogP contribution in [-0.2, 0) is 19.3 Å². The molecule has 2 aromatic carbocycles. The van der Waals surface area contributed by atoms with E-state index in [1.54, 1.807) is 42.5 Å². The van der Waals surface area contributed by atoms with Crippen molar-refractivity contribution in [1.29, 1.82) is 0 Å². The zero-order chi connectivity index (χ0) is 18.3. The predicted molar refractivity (Wildman–Crippen MR) is 97.0 cm³/mol. The predicted octanol–water partition coefficient (Wildman–Crippen LogP) is 3.26. The molecule has 3 rings (SSSR count). The van der Waals surface area contributed by atoms with Gasteiger partial charge in [-0.1, -0.05) is 29.8 Å². The van der Waals surface area contributed by atoms with Crippen LogP contribution < -0.4 is 0 Å². The van der Waals surface area contributed by atoms with Gasteiger partial charge in [0, 0.05) is 11.8 Å². The summed E-state index contributed by atoms with van der Waals surface area (Å²) in [5, 5.41) is 0.375. The summed E-state index contributed by atoms with van der Waals surface area (Å²) in [6.07, 6.45) is 1.86. The summed E-state index contributed by atoms with van der Waals surface area (Å²) in [6.45, 7) is 3.11. The van der Waals surface area contributed by atoms with Crippen molar-refractivity contribution in [3.8, 4) is 11.1 Å². The number of halogens is 1. The zero-order valence-corrected chi connectivity index (χ0v) is 15.3. The fourth-order valence-corrected chi connectivity index (χ4v) is 2.99. The van der Waals surface area contributed by atoms with Crippen molar-refractivity contribution < 1.29 is 22.7 Å². The summed E-state index contributed by atoms with van der Waals surface area (Å²) in [6, 6.07) is 11.6. The van der Waals surface area contributed by atoms with Crippen LogP contribution in [0.25, 0.3) is 11.1 Å². The quantitative estimate of drug-likeness (QED) is 0.762. The molecule has 0 aromatic heterocycles. The largest absolute Gasteiger partial charge is 0.377 e. The highest BCUT2D eigenvalue weighted by Crippen LogP contribution is 2.26. The number of carbonyl (C=O) groups is 1. The third kappa shape index (κ3) is 5.93. The van der Waals surface area contributed by atoms with Gasteiger partial charge in [0.15, 0.2) is 16.1 Å². The Bertz CT molecular complexity index is 800. The van der Waals surface area contributed by atoms with Crippen molar-refractivity contribution in [3.63, 3.8) is 0 Å². The van der Waals surface area contributed by atoms with Crippen molar-refractivity contribution >= 4 is 27.7 Å². The first-order valence-corrected chi connectivity index (χ1v) is 9.89. The highest BCUT2D eigenvalue weighted by atomic mass is 35.5. The Morgan fingerprint density at radius 2 is 1.44 bits per heavy atom. The third-order valence-corrected chi connectivity index (χ3v) is 4.94. The van der Waals surface area contributed by atoms with Crippen molar-refractivity contribution in [2.45, 2.75) is 4.90 Å². The molecule has 0 bridgehead atoms. The van der Waals surface area contributed by atoms with Gasteiger partial charge >= 0.3 is 0 Å². The molecular formula is C18H19ClO5S. The maximum absolute atomic E-state index is 11.4. The summed E-state index contributed by atoms with van der Waals surface area (Å²) in [5.74, 6) is 0. The fraction of sp³-hybridized carbons (Fsp3) is 0.278. The van der Waals surface area contributed by atoms with Crippen LogP contribution in [0, 0.1) is 0 Å². The van der Waals surface area contributed by atoms with Crippen LogP contribution in [0.2, 0.25) is 5.02 Å². The van der Waals surface area contributed by atoms with Crippen molar-refractivity contribution in [1.82, 2.24) is 0 Å². The second kappa shape index (κ2) is 9.10. The van der Waals surface area contributed by atoms with E-state index in [0.29, 0.717) is 16.9 Å². The highest BCUT2D eigenvalue weighted by molar-refractivity contribution is 7.90. The van der Waals surface area contributed by atoms with Gasteiger partial charge in [-0.05, 0) is 35.4 Å². The topological polar surface area (TPSA) is 69.7 Å². The molecule has 0 saturated carbocycles. The van der Waals surface area contributed by atoms with Gasteiger partial charge in [-0.3, -0.25) is 4.79 Å². The molecule has 1 aliphatic heterocycles. The normalized spacial score (nSPS) is 14.3. The Morgan fingerprint density at radius 1 is 0.920 bits per heavy atom. The number of benzene rings is 2. The molecule has 0 N–H and O–H groups in total. The summed E-state index contributed by atoms with van der Waals surface area (Å²) >= 11 is 5.96. The number of rotatable bonds is 3. The number of hydrogen-bond donors (Lipinski definition) is 0. The average molecular weight is 383 g/mol. The molecule has 0 amide bonds. The molecule has 25 heavy (non-hydrogen) atoms. The smallest absolute Gasteiger partial charge is 0.175 e. The van der Waals surface area contributed by atoms with E-state index in [4.69, 9.17) is 21.1 Å². The minimum atomic E-state index is -3.19. The lowest BCUT2D eigenvalue weighted by Gasteiger charge is -2.09. The molecule has 0 atom stereocenters. The van der Waals surface area contributed by atoms with Gasteiger partial charge < -0.3 is 9.47 Å². The molecule has 7 heteroatoms. The lowest BCUT2D eigenvalue weighted by atomic mass is 10.0. The van der Waals surface area contributed by atoms with Crippen molar-refractivity contribution in [2.75, 3.05) is 32.7 Å². The molecule has 0 aliphatic carbocycles. The molecular weight excluding hydrogens is 364 g/mol. The number of hydrogen-bond acceptors (Lipinski definition) is 5. The van der Waals surface area contributed by atoms with E-state index in [9.17, 15) is 13.2 Å². The summed E-state index contributed by atoms with van der Waals surface area (Å²) in [7, 11) is -3.19. The maximum Gasteiger partial charge on any atom is 0.175 e. The van der Waals surface area contributed by atoms with Crippen LogP contribution in [0.5, 0.6) is 0 Å². The first kappa shape index (κ1) is 19.6. The van der Waals surface area contributed by atoms with Gasteiger partial charge in [0.2, 0.25) is 0 Å². The Labute approximate surface area is 152 Å². The van der Waals surface area contributed by atoms with E-state index in [0.717, 1.165) is 43.8 Å². The van der Waals surface area contributed by atoms with Crippen LogP contribution in [0.15, 0.2) is 47.4 Å². The van der Waals surface area contributed by atoms with Gasteiger partial charge in [-0.25, -0.2) is 8.42 Å². The van der Waals surface area contributed by atoms with Crippen LogP contribution in [0.1, 0.15) is 10.4 Å². The van der Waals surface area contributed by atoms with Crippen LogP contribution in [0.3, 0.4) is 0 Å². The van der Waals surface area contributed by atoms with Crippen LogP contribution in [0.4, 0.5) is 0 Å². The van der Waals surface area contributed by atoms with Gasteiger partial charge in [0.05, 0.1) is 36.3 Å². The lowest BCUT2D eigenvalue weighted by molar-refractivity contribution is -0.0334. The SMILES string of the molecule is C1COCCO1.CS(=O)(=O)c1ccc(-c2ccc(C=O)c(Cl)c2)cc1. The Morgan fingerprint density at radius 3 is 1.84 bits per heavy atom. The Kier molecular flexibility index (Phi) is 7.13. The lowest BCUT2D eigenvalue weighted by Crippen LogP contribution is -2.16. The van der Waals surface area contributed by atoms with E-state index in [2.05, 4.69) is 0 Å². The zero-order valence-electron chi connectivity index (χ0n) is 13.8. The summed E-state index contributed by atoms with van der Waals surface area (Å²) in [5.41, 5.74) is 2.10. The average Bonchev–Trinajstić information content (AvgIpc) is 2.63. The molecule has 0 radical (unpaired) electrons. The first-order chi connectivity index (χ1) is 11.9. The highest BCUT2D eigenvalue weighted by Gasteiger charge is 2.08. The van der Waals surface area contributed by atoms with E-state index >= 15 is 0 Å². The van der Waals surface area contributed by atoms with E-state index in [-0.39, 0.29) is 4.90 Å². The van der Waals surface area contributed by atoms with Crippen molar-refractivity contribution in [2.24, 2.45) is 0 Å². The van der Waals surface area contributed by atoms with E-state index < -0.39 is 9.84 Å². The second-order valence-electron chi connectivity index (χ2n) is 5.38. The van der Waals surface area contributed by atoms with Crippen LogP contribution in [-0.4, -0.2) is 47.4 Å². The van der Waals surface area contributed by atoms with E-state index in [1.165, 1.54) is 0 Å². The summed E-state index contributed by atoms with van der Waals surface area (Å²) in [4.78, 5) is 10.9. The van der Waals surface area contributed by atoms with Gasteiger partial charge in [-0.15, -0.1) is 0 Å². The van der Waals surface area contributed by atoms with Gasteiger partial charge in [0.1, 0.15) is 0 Å². The second-order valence-corrected chi connectivity index (χ2v) is 7.80. The number of aldehydes is 1. The number of carbonyl (C=O) groups excluding carboxylic acids is 1. The Balaban J connectivity index is 0.000000316. The Hall–Kier alpha value is -1.73. The van der Waals surface area contributed by atoms with Crippen molar-refractivity contribution in [3.05, 3.63) is 53.1 Å². The minimum Gasteiger partial charge on any atom is -0.377 e. The fourth-order valence-electron chi connectivity index (χ4n) is 2.14. The maximum atomic E-state index is 11.4. The molecule has 1 saturated heterocycles. The number of sulfone groups is 1. The molecule has 0 unspecified atom stereocenters. The van der Waals surface area contributed by atoms with Crippen LogP contribution >= 0.6 is 11.6 Å². The standard InChI is InChI=1S/C14H11ClO3S.C4H8O2/c1-19(17,18)13-6-4-10(5-7-13)11-2-3-12(9-16)14(15)8-11;1-2-6-4-3-5-1/h2-9H,1H3;1-4H2. The first-order valence-electron chi connectivity index (χ1n) is 7.62. The molecule has 5 nitrogen and oxygen atoms in total. The third-order valence-electron chi connectivity index (χ3n) is 3.49.